The molecule has 2 unspecified atom stereocenters. The highest BCUT2D eigenvalue weighted by molar-refractivity contribution is 8.01. The summed E-state index contributed by atoms with van der Waals surface area (Å²) in [5.41, 5.74) is 22.2. The number of benzene rings is 7. The van der Waals surface area contributed by atoms with Gasteiger partial charge in [-0.2, -0.15) is 0 Å². The molecule has 4 heterocycles. The van der Waals surface area contributed by atoms with E-state index in [-0.39, 0.29) is 38.5 Å². The van der Waals surface area contributed by atoms with Gasteiger partial charge in [0.2, 0.25) is 0 Å². The van der Waals surface area contributed by atoms with Gasteiger partial charge in [-0.1, -0.05) is 156 Å². The summed E-state index contributed by atoms with van der Waals surface area (Å²) in [4.78, 5) is 9.15. The van der Waals surface area contributed by atoms with Crippen LogP contribution in [-0.4, -0.2) is 11.5 Å². The number of furan rings is 1. The molecule has 0 N–H and O–H groups in total. The number of fused-ring (bicyclic) bond motifs is 11. The first-order valence-corrected chi connectivity index (χ1v) is 28.4. The van der Waals surface area contributed by atoms with Crippen LogP contribution in [0.2, 0.25) is 0 Å². The summed E-state index contributed by atoms with van der Waals surface area (Å²) in [7, 11) is 0. The Morgan fingerprint density at radius 1 is 0.514 bits per heavy atom. The molecule has 2 aliphatic carbocycles. The van der Waals surface area contributed by atoms with Crippen LogP contribution < -0.4 is 31.3 Å². The molecular formula is C68H72BN3OS. The Balaban J connectivity index is 1.19. The quantitative estimate of drug-likeness (QED) is 0.160. The van der Waals surface area contributed by atoms with Gasteiger partial charge in [-0.05, 0) is 172 Å². The minimum absolute atomic E-state index is 0.00330. The Bertz CT molecular complexity index is 3510. The Morgan fingerprint density at radius 2 is 1.04 bits per heavy atom. The van der Waals surface area contributed by atoms with Gasteiger partial charge in [-0.3, -0.25) is 0 Å². The highest BCUT2D eigenvalue weighted by Crippen LogP contribution is 2.64. The molecule has 0 radical (unpaired) electrons. The summed E-state index contributed by atoms with van der Waals surface area (Å²) >= 11 is 2.18. The smallest absolute Gasteiger partial charge is 0.298 e. The van der Waals surface area contributed by atoms with E-state index in [1.165, 1.54) is 97.5 Å². The fraction of sp³-hybridized carbons (Fsp3) is 0.353. The predicted octanol–water partition coefficient (Wildman–Crippen LogP) is 17.6. The van der Waals surface area contributed by atoms with Crippen molar-refractivity contribution in [2.24, 2.45) is 0 Å². The molecule has 3 aliphatic heterocycles. The van der Waals surface area contributed by atoms with E-state index in [9.17, 15) is 0 Å². The third-order valence-corrected chi connectivity index (χ3v) is 20.4. The van der Waals surface area contributed by atoms with Gasteiger partial charge in [-0.25, -0.2) is 0 Å². The van der Waals surface area contributed by atoms with E-state index in [1.54, 1.807) is 0 Å². The molecule has 4 nitrogen and oxygen atoms in total. The van der Waals surface area contributed by atoms with Crippen molar-refractivity contribution < 1.29 is 4.42 Å². The Morgan fingerprint density at radius 3 is 1.61 bits per heavy atom. The minimum atomic E-state index is -0.170. The maximum absolute atomic E-state index is 7.81. The molecule has 6 heteroatoms. The normalized spacial score (nSPS) is 21.1. The van der Waals surface area contributed by atoms with Crippen LogP contribution in [0.15, 0.2) is 155 Å². The number of hydrogen-bond donors (Lipinski definition) is 0. The van der Waals surface area contributed by atoms with Crippen LogP contribution in [0, 0.1) is 0 Å². The molecule has 1 aromatic heterocycles. The summed E-state index contributed by atoms with van der Waals surface area (Å²) in [6, 6.07) is 55.9. The Hall–Kier alpha value is -6.11. The van der Waals surface area contributed by atoms with E-state index in [0.717, 1.165) is 52.5 Å². The summed E-state index contributed by atoms with van der Waals surface area (Å²) in [6.45, 7) is 28.7. The highest BCUT2D eigenvalue weighted by atomic mass is 32.2. The summed E-state index contributed by atoms with van der Waals surface area (Å²) < 4.78 is 7.90. The van der Waals surface area contributed by atoms with Crippen LogP contribution in [0.1, 0.15) is 149 Å². The van der Waals surface area contributed by atoms with Gasteiger partial charge in [0.1, 0.15) is 5.58 Å². The Kier molecular flexibility index (Phi) is 10.4. The van der Waals surface area contributed by atoms with Crippen LogP contribution in [0.4, 0.5) is 51.2 Å². The lowest BCUT2D eigenvalue weighted by Gasteiger charge is -2.45. The largest absolute Gasteiger partial charge is 0.468 e. The lowest BCUT2D eigenvalue weighted by molar-refractivity contribution is 0.260. The van der Waals surface area contributed by atoms with Gasteiger partial charge in [0.05, 0.1) is 17.0 Å². The second kappa shape index (κ2) is 16.2. The third-order valence-electron chi connectivity index (χ3n) is 18.7. The molecule has 0 bridgehead atoms. The second-order valence-corrected chi connectivity index (χ2v) is 27.8. The number of thioether (sulfide) groups is 1. The monoisotopic (exact) mass is 990 g/mol. The van der Waals surface area contributed by atoms with Crippen molar-refractivity contribution in [3.8, 4) is 0 Å². The maximum atomic E-state index is 7.81. The number of para-hydroxylation sites is 2. The molecular weight excluding hydrogens is 918 g/mol. The van der Waals surface area contributed by atoms with Gasteiger partial charge >= 0.3 is 0 Å². The van der Waals surface area contributed by atoms with Crippen molar-refractivity contribution in [2.75, 3.05) is 14.7 Å². The molecule has 1 fully saturated rings. The molecule has 0 saturated heterocycles. The second-order valence-electron chi connectivity index (χ2n) is 26.3. The topological polar surface area (TPSA) is 22.9 Å². The average molecular weight is 990 g/mol. The van der Waals surface area contributed by atoms with Crippen LogP contribution >= 0.6 is 11.8 Å². The fourth-order valence-corrected chi connectivity index (χ4v) is 15.8. The number of hydrogen-bond acceptors (Lipinski definition) is 5. The van der Waals surface area contributed by atoms with E-state index in [1.807, 2.05) is 0 Å². The molecule has 0 amide bonds. The zero-order valence-corrected chi connectivity index (χ0v) is 46.7. The molecule has 8 aromatic rings. The molecule has 2 atom stereocenters. The van der Waals surface area contributed by atoms with E-state index in [2.05, 4.69) is 255 Å². The fourth-order valence-electron chi connectivity index (χ4n) is 13.9. The number of rotatable bonds is 5. The third kappa shape index (κ3) is 7.01. The first kappa shape index (κ1) is 47.6. The summed E-state index contributed by atoms with van der Waals surface area (Å²) in [6.07, 6.45) is 7.24. The van der Waals surface area contributed by atoms with Gasteiger partial charge in [0, 0.05) is 60.3 Å². The lowest BCUT2D eigenvalue weighted by Crippen LogP contribution is -2.61. The van der Waals surface area contributed by atoms with Gasteiger partial charge < -0.3 is 19.1 Å². The van der Waals surface area contributed by atoms with E-state index >= 15 is 0 Å². The van der Waals surface area contributed by atoms with Crippen molar-refractivity contribution in [1.29, 1.82) is 0 Å². The van der Waals surface area contributed by atoms with Gasteiger partial charge in [-0.15, -0.1) is 11.8 Å². The molecule has 1 saturated carbocycles. The van der Waals surface area contributed by atoms with Crippen molar-refractivity contribution >= 4 is 97.2 Å². The Labute approximate surface area is 445 Å². The minimum Gasteiger partial charge on any atom is -0.468 e. The van der Waals surface area contributed by atoms with Crippen LogP contribution in [-0.2, 0) is 27.1 Å². The SMILES string of the molecule is CC(C)(C)c1ccc(N2c3cc(N(c4ccccc4)c4ccccc4)cc4c3B(c3oc5cc6c(cc5c3N4c3ccc(C(C)(C)C)cc3)C(C)(C)CCC6(C)C)c3c2ccc2c3SC3(C)CCCCC23C)cc1. The lowest BCUT2D eigenvalue weighted by atomic mass is 9.35. The number of anilines is 9. The highest BCUT2D eigenvalue weighted by Gasteiger charge is 2.57. The van der Waals surface area contributed by atoms with Crippen molar-refractivity contribution in [3.05, 3.63) is 173 Å². The standard InChI is InChI=1S/C68H72BN3OS/c1-63(2,3)43-25-29-47(30-26-43)71-54-34-33-51-61(74-68(12)36-20-19-35-67(51,68)11)59(54)69-58-55(71)39-49(70(45-21-15-13-16-22-45)46-23-17-14-18-24-46)40-56(58)72(48-31-27-44(28-32-48)64(4,5)6)60-50-41-52-53(42-57(50)73-62(60)69)66(9,10)38-37-65(52,7)8/h13-18,21-34,39-42H,19-20,35-38H2,1-12H3. The molecule has 7 aromatic carbocycles. The first-order valence-electron chi connectivity index (χ1n) is 27.5. The van der Waals surface area contributed by atoms with Gasteiger partial charge in [0.15, 0.2) is 0 Å². The van der Waals surface area contributed by atoms with Crippen LogP contribution in [0.5, 0.6) is 0 Å². The van der Waals surface area contributed by atoms with E-state index in [0.29, 0.717) is 0 Å². The molecule has 374 valence electrons. The van der Waals surface area contributed by atoms with Crippen molar-refractivity contribution in [2.45, 2.75) is 158 Å². The molecule has 5 aliphatic rings. The summed E-state index contributed by atoms with van der Waals surface area (Å²) in [5, 5.41) is 1.19. The average Bonchev–Trinajstić information content (AvgIpc) is 3.86. The number of nitrogens with zero attached hydrogens (tertiary/aromatic N) is 3. The zero-order chi connectivity index (χ0) is 51.5. The predicted molar refractivity (Wildman–Crippen MR) is 318 cm³/mol. The molecule has 0 spiro atoms. The van der Waals surface area contributed by atoms with E-state index < -0.39 is 0 Å². The van der Waals surface area contributed by atoms with Crippen LogP contribution in [0.3, 0.4) is 0 Å². The molecule has 13 rings (SSSR count). The molecule has 74 heavy (non-hydrogen) atoms. The zero-order valence-electron chi connectivity index (χ0n) is 45.8. The van der Waals surface area contributed by atoms with Gasteiger partial charge in [0.25, 0.3) is 6.71 Å². The van der Waals surface area contributed by atoms with E-state index in [4.69, 9.17) is 4.42 Å². The van der Waals surface area contributed by atoms with Crippen LogP contribution in [0.25, 0.3) is 11.0 Å². The summed E-state index contributed by atoms with van der Waals surface area (Å²) in [5.74, 6) is 0. The first-order chi connectivity index (χ1) is 35.2. The van der Waals surface area contributed by atoms with Crippen molar-refractivity contribution in [3.63, 3.8) is 0 Å². The maximum Gasteiger partial charge on any atom is 0.298 e. The van der Waals surface area contributed by atoms with Crippen molar-refractivity contribution in [1.82, 2.24) is 0 Å².